The third-order valence-corrected chi connectivity index (χ3v) is 5.51. The SMILES string of the molecule is CNC(=O)C(Cc1ccccc1)N(Cc1cccc(Cl)c1)C(=O)Cc1ccc(OC)cc1. The van der Waals surface area contributed by atoms with E-state index in [9.17, 15) is 9.59 Å². The van der Waals surface area contributed by atoms with Crippen LogP contribution in [0.4, 0.5) is 0 Å². The zero-order chi connectivity index (χ0) is 22.9. The van der Waals surface area contributed by atoms with E-state index in [0.717, 1.165) is 22.4 Å². The number of ether oxygens (including phenoxy) is 1. The molecule has 0 spiro atoms. The summed E-state index contributed by atoms with van der Waals surface area (Å²) < 4.78 is 5.20. The Bertz CT molecular complexity index is 1040. The maximum Gasteiger partial charge on any atom is 0.242 e. The van der Waals surface area contributed by atoms with Crippen molar-refractivity contribution in [3.63, 3.8) is 0 Å². The van der Waals surface area contributed by atoms with Crippen molar-refractivity contribution in [3.8, 4) is 5.75 Å². The van der Waals surface area contributed by atoms with Gasteiger partial charge in [-0.3, -0.25) is 9.59 Å². The molecule has 0 aromatic heterocycles. The van der Waals surface area contributed by atoms with Crippen molar-refractivity contribution in [3.05, 3.63) is 101 Å². The zero-order valence-electron chi connectivity index (χ0n) is 18.3. The number of nitrogens with one attached hydrogen (secondary N) is 1. The number of methoxy groups -OCH3 is 1. The molecule has 0 bridgehead atoms. The van der Waals surface area contributed by atoms with Crippen molar-refractivity contribution in [2.75, 3.05) is 14.2 Å². The molecule has 3 aromatic rings. The minimum atomic E-state index is -0.660. The summed E-state index contributed by atoms with van der Waals surface area (Å²) in [5.74, 6) is 0.378. The summed E-state index contributed by atoms with van der Waals surface area (Å²) in [6.07, 6.45) is 0.586. The van der Waals surface area contributed by atoms with Crippen molar-refractivity contribution < 1.29 is 14.3 Å². The van der Waals surface area contributed by atoms with Crippen LogP contribution in [0.5, 0.6) is 5.75 Å². The molecule has 1 unspecified atom stereocenters. The van der Waals surface area contributed by atoms with Gasteiger partial charge in [0.05, 0.1) is 13.5 Å². The highest BCUT2D eigenvalue weighted by molar-refractivity contribution is 6.30. The average Bonchev–Trinajstić information content (AvgIpc) is 2.82. The number of rotatable bonds is 9. The minimum absolute atomic E-state index is 0.139. The molecule has 5 nitrogen and oxygen atoms in total. The van der Waals surface area contributed by atoms with Crippen LogP contribution in [-0.2, 0) is 29.0 Å². The number of carbonyl (C=O) groups is 2. The smallest absolute Gasteiger partial charge is 0.242 e. The largest absolute Gasteiger partial charge is 0.497 e. The highest BCUT2D eigenvalue weighted by atomic mass is 35.5. The summed E-state index contributed by atoms with van der Waals surface area (Å²) in [6, 6.07) is 23.8. The van der Waals surface area contributed by atoms with Gasteiger partial charge in [-0.1, -0.05) is 66.2 Å². The third kappa shape index (κ3) is 6.34. The van der Waals surface area contributed by atoms with Gasteiger partial charge >= 0.3 is 0 Å². The van der Waals surface area contributed by atoms with E-state index in [1.807, 2.05) is 72.8 Å². The Kier molecular flexibility index (Phi) is 8.28. The van der Waals surface area contributed by atoms with Gasteiger partial charge in [-0.05, 0) is 41.0 Å². The maximum atomic E-state index is 13.5. The van der Waals surface area contributed by atoms with Crippen LogP contribution >= 0.6 is 11.6 Å². The Morgan fingerprint density at radius 3 is 2.25 bits per heavy atom. The van der Waals surface area contributed by atoms with E-state index in [1.54, 1.807) is 25.1 Å². The number of halogens is 1. The Balaban J connectivity index is 1.92. The van der Waals surface area contributed by atoms with Crippen LogP contribution in [0.3, 0.4) is 0 Å². The van der Waals surface area contributed by atoms with Gasteiger partial charge < -0.3 is 15.0 Å². The molecule has 0 heterocycles. The monoisotopic (exact) mass is 450 g/mol. The number of benzene rings is 3. The van der Waals surface area contributed by atoms with Gasteiger partial charge in [-0.15, -0.1) is 0 Å². The Morgan fingerprint density at radius 1 is 0.938 bits per heavy atom. The molecule has 0 saturated carbocycles. The highest BCUT2D eigenvalue weighted by Crippen LogP contribution is 2.19. The number of hydrogen-bond donors (Lipinski definition) is 1. The van der Waals surface area contributed by atoms with Gasteiger partial charge in [-0.2, -0.15) is 0 Å². The van der Waals surface area contributed by atoms with Crippen molar-refractivity contribution in [1.82, 2.24) is 10.2 Å². The van der Waals surface area contributed by atoms with Crippen LogP contribution in [0.15, 0.2) is 78.9 Å². The fraction of sp³-hybridized carbons (Fsp3) is 0.231. The predicted octanol–water partition coefficient (Wildman–Crippen LogP) is 4.28. The van der Waals surface area contributed by atoms with E-state index in [0.29, 0.717) is 11.4 Å². The highest BCUT2D eigenvalue weighted by Gasteiger charge is 2.29. The van der Waals surface area contributed by atoms with E-state index in [4.69, 9.17) is 16.3 Å². The second-order valence-electron chi connectivity index (χ2n) is 7.50. The van der Waals surface area contributed by atoms with Crippen LogP contribution in [0.2, 0.25) is 5.02 Å². The van der Waals surface area contributed by atoms with E-state index >= 15 is 0 Å². The van der Waals surface area contributed by atoms with Gasteiger partial charge in [-0.25, -0.2) is 0 Å². The van der Waals surface area contributed by atoms with Crippen molar-refractivity contribution in [2.45, 2.75) is 25.4 Å². The molecule has 0 fully saturated rings. The molecular weight excluding hydrogens is 424 g/mol. The number of carbonyl (C=O) groups excluding carboxylic acids is 2. The number of nitrogens with zero attached hydrogens (tertiary/aromatic N) is 1. The number of hydrogen-bond acceptors (Lipinski definition) is 3. The molecule has 1 atom stereocenters. The number of amides is 2. The molecule has 166 valence electrons. The maximum absolute atomic E-state index is 13.5. The molecule has 2 amide bonds. The first-order valence-corrected chi connectivity index (χ1v) is 10.8. The molecule has 32 heavy (non-hydrogen) atoms. The fourth-order valence-electron chi connectivity index (χ4n) is 3.57. The van der Waals surface area contributed by atoms with E-state index < -0.39 is 6.04 Å². The summed E-state index contributed by atoms with van der Waals surface area (Å²) in [5, 5.41) is 3.31. The lowest BCUT2D eigenvalue weighted by molar-refractivity contribution is -0.140. The van der Waals surface area contributed by atoms with Crippen LogP contribution in [0.1, 0.15) is 16.7 Å². The molecular formula is C26H27ClN2O3. The normalized spacial score (nSPS) is 11.5. The summed E-state index contributed by atoms with van der Waals surface area (Å²) in [7, 11) is 3.19. The van der Waals surface area contributed by atoms with Crippen LogP contribution in [-0.4, -0.2) is 36.9 Å². The topological polar surface area (TPSA) is 58.6 Å². The standard InChI is InChI=1S/C26H27ClN2O3/c1-28-26(31)24(16-19-7-4-3-5-8-19)29(18-21-9-6-10-22(27)15-21)25(30)17-20-11-13-23(32-2)14-12-20/h3-15,24H,16-18H2,1-2H3,(H,28,31). The fourth-order valence-corrected chi connectivity index (χ4v) is 3.79. The Morgan fingerprint density at radius 2 is 1.62 bits per heavy atom. The van der Waals surface area contributed by atoms with Crippen LogP contribution in [0, 0.1) is 0 Å². The van der Waals surface area contributed by atoms with Crippen LogP contribution in [0.25, 0.3) is 0 Å². The first-order chi connectivity index (χ1) is 15.5. The van der Waals surface area contributed by atoms with E-state index in [2.05, 4.69) is 5.32 Å². The second-order valence-corrected chi connectivity index (χ2v) is 7.93. The van der Waals surface area contributed by atoms with Gasteiger partial charge in [0.1, 0.15) is 11.8 Å². The molecule has 1 N–H and O–H groups in total. The van der Waals surface area contributed by atoms with Gasteiger partial charge in [0.15, 0.2) is 0 Å². The first kappa shape index (κ1) is 23.4. The molecule has 0 aliphatic rings. The molecule has 3 rings (SSSR count). The van der Waals surface area contributed by atoms with Gasteiger partial charge in [0.2, 0.25) is 11.8 Å². The Labute approximate surface area is 194 Å². The molecule has 0 saturated heterocycles. The predicted molar refractivity (Wildman–Crippen MR) is 127 cm³/mol. The number of likely N-dealkylation sites (N-methyl/N-ethyl adjacent to an activating group) is 1. The van der Waals surface area contributed by atoms with Crippen molar-refractivity contribution >= 4 is 23.4 Å². The van der Waals surface area contributed by atoms with Crippen molar-refractivity contribution in [1.29, 1.82) is 0 Å². The molecule has 6 heteroatoms. The van der Waals surface area contributed by atoms with Crippen molar-refractivity contribution in [2.24, 2.45) is 0 Å². The lowest BCUT2D eigenvalue weighted by Gasteiger charge is -2.31. The second kappa shape index (κ2) is 11.3. The van der Waals surface area contributed by atoms with Gasteiger partial charge in [0, 0.05) is 25.0 Å². The van der Waals surface area contributed by atoms with Gasteiger partial charge in [0.25, 0.3) is 0 Å². The molecule has 0 radical (unpaired) electrons. The minimum Gasteiger partial charge on any atom is -0.497 e. The van der Waals surface area contributed by atoms with E-state index in [-0.39, 0.29) is 24.8 Å². The summed E-state index contributed by atoms with van der Waals surface area (Å²) in [5.41, 5.74) is 2.69. The third-order valence-electron chi connectivity index (χ3n) is 5.27. The first-order valence-electron chi connectivity index (χ1n) is 10.4. The summed E-state index contributed by atoms with van der Waals surface area (Å²) in [6.45, 7) is 0.278. The molecule has 0 aliphatic carbocycles. The zero-order valence-corrected chi connectivity index (χ0v) is 19.0. The lowest BCUT2D eigenvalue weighted by atomic mass is 10.0. The molecule has 0 aliphatic heterocycles. The van der Waals surface area contributed by atoms with Crippen LogP contribution < -0.4 is 10.1 Å². The van der Waals surface area contributed by atoms with E-state index in [1.165, 1.54) is 0 Å². The molecule has 3 aromatic carbocycles. The quantitative estimate of drug-likeness (QED) is 0.529. The summed E-state index contributed by atoms with van der Waals surface area (Å²) in [4.78, 5) is 28.0. The summed E-state index contributed by atoms with van der Waals surface area (Å²) >= 11 is 6.17. The average molecular weight is 451 g/mol. The Hall–Kier alpha value is -3.31. The lowest BCUT2D eigenvalue weighted by Crippen LogP contribution is -2.50.